The third-order valence-corrected chi connectivity index (χ3v) is 10.7. The van der Waals surface area contributed by atoms with Crippen LogP contribution in [0.1, 0.15) is 11.1 Å². The van der Waals surface area contributed by atoms with Crippen LogP contribution in [0.2, 0.25) is 0 Å². The number of allylic oxidation sites excluding steroid dienone is 3. The number of para-hydroxylation sites is 2. The lowest BCUT2D eigenvalue weighted by atomic mass is 10.0. The molecule has 0 bridgehead atoms. The molecule has 2 N–H and O–H groups in total. The summed E-state index contributed by atoms with van der Waals surface area (Å²) in [6.45, 7) is 0. The number of nitrogens with zero attached hydrogens (tertiary/aromatic N) is 2. The fourth-order valence-electron chi connectivity index (χ4n) is 8.09. The van der Waals surface area contributed by atoms with Crippen LogP contribution in [0.4, 0.5) is 0 Å². The Hall–Kier alpha value is -7.10. The summed E-state index contributed by atoms with van der Waals surface area (Å²) in [6, 6.07) is 65.6. The Kier molecular flexibility index (Phi) is 7.70. The van der Waals surface area contributed by atoms with E-state index in [1.54, 1.807) is 0 Å². The van der Waals surface area contributed by atoms with Crippen LogP contribution in [0.25, 0.3) is 82.6 Å². The average Bonchev–Trinajstić information content (AvgIpc) is 3.75. The zero-order valence-electron chi connectivity index (χ0n) is 29.7. The number of benzene rings is 8. The molecule has 2 aromatic heterocycles. The molecular formula is C51H37N3. The molecule has 0 aliphatic carbocycles. The Morgan fingerprint density at radius 2 is 1.07 bits per heavy atom. The van der Waals surface area contributed by atoms with Crippen molar-refractivity contribution in [2.45, 2.75) is 6.42 Å². The van der Waals surface area contributed by atoms with Gasteiger partial charge < -0.3 is 14.9 Å². The molecule has 0 fully saturated rings. The largest absolute Gasteiger partial charge is 0.398 e. The van der Waals surface area contributed by atoms with Crippen LogP contribution in [0.5, 0.6) is 0 Å². The zero-order valence-corrected chi connectivity index (χ0v) is 29.7. The van der Waals surface area contributed by atoms with Gasteiger partial charge in [0.1, 0.15) is 0 Å². The standard InChI is InChI=1S/C51H37N3/c52-47(22-9-4-15-35-13-2-1-3-14-35)40-18-12-19-41(32-40)53-49-24-11-8-21-44(49)46-33-38(27-30-50(46)53)39-26-29-45-43-20-7-10-23-48(43)54(51(45)34-39)42-28-25-36-16-5-6-17-37(36)31-42/h1-14,16-34H,15,52H2/b9-4-,47-22-. The predicted molar refractivity (Wildman–Crippen MR) is 230 cm³/mol. The van der Waals surface area contributed by atoms with Crippen LogP contribution >= 0.6 is 0 Å². The first-order valence-electron chi connectivity index (χ1n) is 18.5. The van der Waals surface area contributed by atoms with Crippen molar-refractivity contribution in [1.82, 2.24) is 9.13 Å². The Balaban J connectivity index is 1.06. The zero-order chi connectivity index (χ0) is 36.0. The molecule has 0 unspecified atom stereocenters. The fourth-order valence-corrected chi connectivity index (χ4v) is 8.09. The third-order valence-electron chi connectivity index (χ3n) is 10.7. The van der Waals surface area contributed by atoms with E-state index in [9.17, 15) is 0 Å². The highest BCUT2D eigenvalue weighted by atomic mass is 15.0. The molecule has 256 valence electrons. The molecule has 0 radical (unpaired) electrons. The molecule has 10 rings (SSSR count). The van der Waals surface area contributed by atoms with Crippen molar-refractivity contribution in [3.05, 3.63) is 211 Å². The molecule has 0 spiro atoms. The molecule has 0 atom stereocenters. The molecule has 2 heterocycles. The van der Waals surface area contributed by atoms with Crippen LogP contribution in [0.3, 0.4) is 0 Å². The number of aromatic nitrogens is 2. The maximum atomic E-state index is 6.64. The van der Waals surface area contributed by atoms with E-state index in [0.717, 1.165) is 34.6 Å². The summed E-state index contributed by atoms with van der Waals surface area (Å²) in [7, 11) is 0. The van der Waals surface area contributed by atoms with Gasteiger partial charge in [0.2, 0.25) is 0 Å². The second kappa shape index (κ2) is 13.1. The van der Waals surface area contributed by atoms with E-state index >= 15 is 0 Å². The normalized spacial score (nSPS) is 12.3. The van der Waals surface area contributed by atoms with Crippen molar-refractivity contribution in [3.63, 3.8) is 0 Å². The van der Waals surface area contributed by atoms with Gasteiger partial charge in [0.15, 0.2) is 0 Å². The first-order valence-corrected chi connectivity index (χ1v) is 18.5. The molecule has 0 aliphatic heterocycles. The average molecular weight is 692 g/mol. The minimum atomic E-state index is 0.737. The summed E-state index contributed by atoms with van der Waals surface area (Å²) in [5, 5.41) is 7.42. The molecule has 0 saturated heterocycles. The van der Waals surface area contributed by atoms with E-state index in [1.807, 2.05) is 12.1 Å². The van der Waals surface area contributed by atoms with Gasteiger partial charge in [-0.2, -0.15) is 0 Å². The van der Waals surface area contributed by atoms with Crippen LogP contribution in [0.15, 0.2) is 200 Å². The molecule has 54 heavy (non-hydrogen) atoms. The summed E-state index contributed by atoms with van der Waals surface area (Å²) in [4.78, 5) is 0. The Bertz CT molecular complexity index is 3080. The van der Waals surface area contributed by atoms with E-state index in [1.165, 1.54) is 65.6 Å². The predicted octanol–water partition coefficient (Wildman–Crippen LogP) is 12.8. The van der Waals surface area contributed by atoms with Crippen molar-refractivity contribution in [2.24, 2.45) is 5.73 Å². The SMILES string of the molecule is N/C(=C\C=C/Cc1ccccc1)c1cccc(-n2c3ccccc3c3cc(-c4ccc5c6ccccc6n(-c6ccc7ccccc7c6)c5c4)ccc32)c1. The van der Waals surface area contributed by atoms with Crippen LogP contribution in [-0.2, 0) is 6.42 Å². The lowest BCUT2D eigenvalue weighted by Gasteiger charge is -2.11. The highest BCUT2D eigenvalue weighted by Gasteiger charge is 2.16. The molecule has 3 heteroatoms. The van der Waals surface area contributed by atoms with Gasteiger partial charge in [0, 0.05) is 38.6 Å². The Morgan fingerprint density at radius 3 is 1.91 bits per heavy atom. The van der Waals surface area contributed by atoms with Crippen LogP contribution < -0.4 is 5.73 Å². The van der Waals surface area contributed by atoms with E-state index in [-0.39, 0.29) is 0 Å². The van der Waals surface area contributed by atoms with Gasteiger partial charge >= 0.3 is 0 Å². The van der Waals surface area contributed by atoms with Gasteiger partial charge in [0.25, 0.3) is 0 Å². The first-order chi connectivity index (χ1) is 26.7. The van der Waals surface area contributed by atoms with Crippen LogP contribution in [-0.4, -0.2) is 9.13 Å². The minimum Gasteiger partial charge on any atom is -0.398 e. The maximum Gasteiger partial charge on any atom is 0.0547 e. The molecule has 8 aromatic carbocycles. The quantitative estimate of drug-likeness (QED) is 0.166. The molecular weight excluding hydrogens is 655 g/mol. The summed E-state index contributed by atoms with van der Waals surface area (Å²) >= 11 is 0. The number of nitrogens with two attached hydrogens (primary N) is 1. The van der Waals surface area contributed by atoms with Gasteiger partial charge in [-0.15, -0.1) is 0 Å². The van der Waals surface area contributed by atoms with Crippen LogP contribution in [0, 0.1) is 0 Å². The summed E-state index contributed by atoms with van der Waals surface area (Å²) < 4.78 is 4.77. The third kappa shape index (κ3) is 5.46. The highest BCUT2D eigenvalue weighted by molar-refractivity contribution is 6.12. The van der Waals surface area contributed by atoms with Gasteiger partial charge in [0.05, 0.1) is 22.1 Å². The van der Waals surface area contributed by atoms with Gasteiger partial charge in [-0.1, -0.05) is 140 Å². The second-order valence-corrected chi connectivity index (χ2v) is 14.0. The van der Waals surface area contributed by atoms with E-state index < -0.39 is 0 Å². The summed E-state index contributed by atoms with van der Waals surface area (Å²) in [5.74, 6) is 0. The second-order valence-electron chi connectivity index (χ2n) is 14.0. The molecule has 0 amide bonds. The lowest BCUT2D eigenvalue weighted by molar-refractivity contribution is 1.18. The molecule has 0 saturated carbocycles. The van der Waals surface area contributed by atoms with Crippen molar-refractivity contribution >= 4 is 60.1 Å². The van der Waals surface area contributed by atoms with E-state index in [4.69, 9.17) is 5.73 Å². The smallest absolute Gasteiger partial charge is 0.0547 e. The fraction of sp³-hybridized carbons (Fsp3) is 0.0196. The van der Waals surface area contributed by atoms with Crippen molar-refractivity contribution in [1.29, 1.82) is 0 Å². The van der Waals surface area contributed by atoms with Gasteiger partial charge in [-0.05, 0) is 100 Å². The Morgan fingerprint density at radius 1 is 0.444 bits per heavy atom. The number of hydrogen-bond donors (Lipinski definition) is 1. The summed E-state index contributed by atoms with van der Waals surface area (Å²) in [6.07, 6.45) is 7.07. The molecule has 3 nitrogen and oxygen atoms in total. The van der Waals surface area contributed by atoms with Crippen molar-refractivity contribution in [2.75, 3.05) is 0 Å². The number of hydrogen-bond acceptors (Lipinski definition) is 1. The number of rotatable bonds is 7. The van der Waals surface area contributed by atoms with Crippen molar-refractivity contribution in [3.8, 4) is 22.5 Å². The highest BCUT2D eigenvalue weighted by Crippen LogP contribution is 2.38. The lowest BCUT2D eigenvalue weighted by Crippen LogP contribution is -1.99. The maximum absolute atomic E-state index is 6.64. The monoisotopic (exact) mass is 691 g/mol. The number of fused-ring (bicyclic) bond motifs is 7. The first kappa shape index (κ1) is 31.6. The molecule has 0 aliphatic rings. The van der Waals surface area contributed by atoms with E-state index in [0.29, 0.717) is 0 Å². The minimum absolute atomic E-state index is 0.737. The van der Waals surface area contributed by atoms with Gasteiger partial charge in [-0.3, -0.25) is 0 Å². The molecule has 10 aromatic rings. The summed E-state index contributed by atoms with van der Waals surface area (Å²) in [5.41, 5.74) is 19.0. The van der Waals surface area contributed by atoms with E-state index in [2.05, 4.69) is 197 Å². The Labute approximate surface area is 314 Å². The van der Waals surface area contributed by atoms with Crippen molar-refractivity contribution < 1.29 is 0 Å². The van der Waals surface area contributed by atoms with Gasteiger partial charge in [-0.25, -0.2) is 0 Å². The topological polar surface area (TPSA) is 35.9 Å².